The fourth-order valence-electron chi connectivity index (χ4n) is 3.13. The van der Waals surface area contributed by atoms with Gasteiger partial charge in [-0.25, -0.2) is 19.9 Å². The minimum atomic E-state index is -0.0368. The van der Waals surface area contributed by atoms with E-state index in [9.17, 15) is 4.79 Å². The van der Waals surface area contributed by atoms with Gasteiger partial charge in [0.05, 0.1) is 5.56 Å². The first kappa shape index (κ1) is 20.4. The Labute approximate surface area is 171 Å². The van der Waals surface area contributed by atoms with Crippen molar-refractivity contribution in [2.45, 2.75) is 20.8 Å². The van der Waals surface area contributed by atoms with Crippen LogP contribution in [0.25, 0.3) is 11.4 Å². The summed E-state index contributed by atoms with van der Waals surface area (Å²) in [6, 6.07) is 11.2. The summed E-state index contributed by atoms with van der Waals surface area (Å²) in [6.07, 6.45) is 3.36. The Bertz CT molecular complexity index is 956. The van der Waals surface area contributed by atoms with E-state index < -0.39 is 0 Å². The van der Waals surface area contributed by atoms with Gasteiger partial charge in [0.25, 0.3) is 5.91 Å². The maximum atomic E-state index is 13.2. The van der Waals surface area contributed by atoms with Crippen molar-refractivity contribution in [1.29, 1.82) is 0 Å². The molecule has 0 aliphatic heterocycles. The van der Waals surface area contributed by atoms with Gasteiger partial charge in [-0.3, -0.25) is 4.79 Å². The van der Waals surface area contributed by atoms with Crippen molar-refractivity contribution >= 4 is 11.9 Å². The monoisotopic (exact) mass is 390 g/mol. The third-order valence-corrected chi connectivity index (χ3v) is 4.65. The van der Waals surface area contributed by atoms with E-state index in [-0.39, 0.29) is 5.91 Å². The van der Waals surface area contributed by atoms with Crippen LogP contribution in [-0.4, -0.2) is 57.4 Å². The number of benzene rings is 1. The van der Waals surface area contributed by atoms with Gasteiger partial charge in [0.2, 0.25) is 5.95 Å². The maximum absolute atomic E-state index is 13.2. The van der Waals surface area contributed by atoms with Gasteiger partial charge in [-0.2, -0.15) is 0 Å². The molecule has 0 aliphatic carbocycles. The molecule has 0 atom stereocenters. The lowest BCUT2D eigenvalue weighted by Gasteiger charge is -2.25. The zero-order valence-electron chi connectivity index (χ0n) is 17.3. The number of aromatic nitrogens is 4. The summed E-state index contributed by atoms with van der Waals surface area (Å²) in [6.45, 7) is 7.68. The SMILES string of the molecule is CCN(CCN(C)c1nc(C)cc(C)n1)C(=O)c1ccccc1-c1ncccn1. The van der Waals surface area contributed by atoms with Crippen molar-refractivity contribution in [2.24, 2.45) is 0 Å². The zero-order valence-corrected chi connectivity index (χ0v) is 17.3. The number of aryl methyl sites for hydroxylation is 2. The Kier molecular flexibility index (Phi) is 6.49. The highest BCUT2D eigenvalue weighted by molar-refractivity contribution is 6.00. The van der Waals surface area contributed by atoms with Gasteiger partial charge < -0.3 is 9.80 Å². The first-order valence-corrected chi connectivity index (χ1v) is 9.68. The van der Waals surface area contributed by atoms with Crippen LogP contribution in [0.3, 0.4) is 0 Å². The van der Waals surface area contributed by atoms with Crippen LogP contribution in [0.15, 0.2) is 48.8 Å². The Balaban J connectivity index is 1.76. The highest BCUT2D eigenvalue weighted by Crippen LogP contribution is 2.21. The number of carbonyl (C=O) groups excluding carboxylic acids is 1. The quantitative estimate of drug-likeness (QED) is 0.617. The number of amides is 1. The van der Waals surface area contributed by atoms with Gasteiger partial charge in [-0.15, -0.1) is 0 Å². The van der Waals surface area contributed by atoms with Gasteiger partial charge in [0.1, 0.15) is 0 Å². The van der Waals surface area contributed by atoms with E-state index >= 15 is 0 Å². The predicted molar refractivity (Wildman–Crippen MR) is 114 cm³/mol. The summed E-state index contributed by atoms with van der Waals surface area (Å²) in [5.41, 5.74) is 3.20. The Morgan fingerprint density at radius 1 is 0.966 bits per heavy atom. The van der Waals surface area contributed by atoms with Crippen molar-refractivity contribution < 1.29 is 4.79 Å². The van der Waals surface area contributed by atoms with Gasteiger partial charge in [-0.1, -0.05) is 18.2 Å². The van der Waals surface area contributed by atoms with Crippen LogP contribution in [0.5, 0.6) is 0 Å². The summed E-state index contributed by atoms with van der Waals surface area (Å²) in [5, 5.41) is 0. The van der Waals surface area contributed by atoms with E-state index in [0.717, 1.165) is 17.0 Å². The molecule has 0 saturated heterocycles. The smallest absolute Gasteiger partial charge is 0.254 e. The van der Waals surface area contributed by atoms with Crippen LogP contribution in [0.2, 0.25) is 0 Å². The molecule has 0 spiro atoms. The van der Waals surface area contributed by atoms with Crippen LogP contribution >= 0.6 is 0 Å². The average molecular weight is 390 g/mol. The second kappa shape index (κ2) is 9.23. The minimum Gasteiger partial charge on any atom is -0.342 e. The molecule has 0 bridgehead atoms. The molecule has 0 unspecified atom stereocenters. The van der Waals surface area contributed by atoms with Crippen molar-refractivity contribution in [2.75, 3.05) is 31.6 Å². The summed E-state index contributed by atoms with van der Waals surface area (Å²) < 4.78 is 0. The molecule has 0 aliphatic rings. The molecule has 1 amide bonds. The second-order valence-electron chi connectivity index (χ2n) is 6.88. The van der Waals surface area contributed by atoms with E-state index in [1.807, 2.05) is 68.0 Å². The van der Waals surface area contributed by atoms with E-state index in [1.54, 1.807) is 18.5 Å². The summed E-state index contributed by atoms with van der Waals surface area (Å²) in [5.74, 6) is 1.18. The number of nitrogens with zero attached hydrogens (tertiary/aromatic N) is 6. The summed E-state index contributed by atoms with van der Waals surface area (Å²) in [7, 11) is 1.94. The third kappa shape index (κ3) is 4.93. The van der Waals surface area contributed by atoms with Gasteiger partial charge in [0.15, 0.2) is 5.82 Å². The predicted octanol–water partition coefficient (Wildman–Crippen LogP) is 3.15. The largest absolute Gasteiger partial charge is 0.342 e. The maximum Gasteiger partial charge on any atom is 0.254 e. The van der Waals surface area contributed by atoms with E-state index in [2.05, 4.69) is 19.9 Å². The summed E-state index contributed by atoms with van der Waals surface area (Å²) in [4.78, 5) is 34.6. The standard InChI is InChI=1S/C22H26N6O/c1-5-28(14-13-27(4)22-25-16(2)15-17(3)26-22)21(29)19-10-7-6-9-18(19)20-23-11-8-12-24-20/h6-12,15H,5,13-14H2,1-4H3. The van der Waals surface area contributed by atoms with Gasteiger partial charge in [-0.05, 0) is 39.0 Å². The van der Waals surface area contributed by atoms with Crippen LogP contribution in [-0.2, 0) is 0 Å². The summed E-state index contributed by atoms with van der Waals surface area (Å²) >= 11 is 0. The lowest BCUT2D eigenvalue weighted by atomic mass is 10.1. The van der Waals surface area contributed by atoms with Gasteiger partial charge in [0, 0.05) is 56.0 Å². The number of carbonyl (C=O) groups is 1. The molecular weight excluding hydrogens is 364 g/mol. The number of likely N-dealkylation sites (N-methyl/N-ethyl adjacent to an activating group) is 2. The number of rotatable bonds is 7. The molecule has 0 saturated carbocycles. The first-order valence-electron chi connectivity index (χ1n) is 9.68. The topological polar surface area (TPSA) is 75.1 Å². The molecule has 7 heteroatoms. The highest BCUT2D eigenvalue weighted by Gasteiger charge is 2.20. The molecule has 2 heterocycles. The molecule has 0 radical (unpaired) electrons. The van der Waals surface area contributed by atoms with Crippen molar-refractivity contribution in [3.63, 3.8) is 0 Å². The van der Waals surface area contributed by atoms with E-state index in [1.165, 1.54) is 0 Å². The molecule has 0 fully saturated rings. The molecule has 150 valence electrons. The number of hydrogen-bond donors (Lipinski definition) is 0. The Morgan fingerprint density at radius 3 is 2.28 bits per heavy atom. The molecule has 3 rings (SSSR count). The third-order valence-electron chi connectivity index (χ3n) is 4.65. The fourth-order valence-corrected chi connectivity index (χ4v) is 3.13. The van der Waals surface area contributed by atoms with Crippen LogP contribution < -0.4 is 4.90 Å². The van der Waals surface area contributed by atoms with E-state index in [4.69, 9.17) is 0 Å². The fraction of sp³-hybridized carbons (Fsp3) is 0.318. The zero-order chi connectivity index (χ0) is 20.8. The van der Waals surface area contributed by atoms with E-state index in [0.29, 0.717) is 37.0 Å². The van der Waals surface area contributed by atoms with Gasteiger partial charge >= 0.3 is 0 Å². The number of hydrogen-bond acceptors (Lipinski definition) is 6. The van der Waals surface area contributed by atoms with Crippen molar-refractivity contribution in [3.05, 3.63) is 65.7 Å². The minimum absolute atomic E-state index is 0.0368. The molecule has 0 N–H and O–H groups in total. The van der Waals surface area contributed by atoms with Crippen LogP contribution in [0, 0.1) is 13.8 Å². The Hall–Kier alpha value is -3.35. The normalized spacial score (nSPS) is 10.6. The average Bonchev–Trinajstić information content (AvgIpc) is 2.73. The molecule has 3 aromatic rings. The molecule has 7 nitrogen and oxygen atoms in total. The highest BCUT2D eigenvalue weighted by atomic mass is 16.2. The van der Waals surface area contributed by atoms with Crippen LogP contribution in [0.4, 0.5) is 5.95 Å². The Morgan fingerprint density at radius 2 is 1.62 bits per heavy atom. The molecule has 2 aromatic heterocycles. The molecular formula is C22H26N6O. The lowest BCUT2D eigenvalue weighted by Crippen LogP contribution is -2.38. The van der Waals surface area contributed by atoms with Crippen LogP contribution in [0.1, 0.15) is 28.7 Å². The second-order valence-corrected chi connectivity index (χ2v) is 6.88. The molecule has 29 heavy (non-hydrogen) atoms. The van der Waals surface area contributed by atoms with Crippen molar-refractivity contribution in [3.8, 4) is 11.4 Å². The lowest BCUT2D eigenvalue weighted by molar-refractivity contribution is 0.0769. The van der Waals surface area contributed by atoms with Crippen molar-refractivity contribution in [1.82, 2.24) is 24.8 Å². The first-order chi connectivity index (χ1) is 14.0. The molecule has 1 aromatic carbocycles. The number of anilines is 1.